The van der Waals surface area contributed by atoms with Crippen molar-refractivity contribution in [3.05, 3.63) is 11.8 Å². The topological polar surface area (TPSA) is 59.1 Å². The van der Waals surface area contributed by atoms with Crippen molar-refractivity contribution in [1.29, 1.82) is 0 Å². The number of hydrogen-bond acceptors (Lipinski definition) is 5. The monoisotopic (exact) mass is 224 g/mol. The minimum absolute atomic E-state index is 0.668. The van der Waals surface area contributed by atoms with Crippen LogP contribution in [0.15, 0.2) is 6.20 Å². The van der Waals surface area contributed by atoms with E-state index in [1.165, 1.54) is 0 Å². The van der Waals surface area contributed by atoms with Crippen LogP contribution in [0.5, 0.6) is 0 Å². The quantitative estimate of drug-likeness (QED) is 0.690. The number of anilines is 2. The molecular formula is C11H20N4O. The molecular weight excluding hydrogens is 204 g/mol. The van der Waals surface area contributed by atoms with E-state index in [2.05, 4.69) is 27.5 Å². The minimum atomic E-state index is 0.668. The normalized spacial score (nSPS) is 10.2. The third-order valence-corrected chi connectivity index (χ3v) is 2.10. The van der Waals surface area contributed by atoms with Crippen molar-refractivity contribution in [1.82, 2.24) is 9.97 Å². The molecule has 16 heavy (non-hydrogen) atoms. The molecule has 0 spiro atoms. The number of nitrogens with one attached hydrogen (secondary N) is 2. The van der Waals surface area contributed by atoms with Crippen LogP contribution >= 0.6 is 0 Å². The lowest BCUT2D eigenvalue weighted by atomic mass is 10.3. The van der Waals surface area contributed by atoms with Gasteiger partial charge in [-0.1, -0.05) is 6.92 Å². The molecule has 90 valence electrons. The molecule has 1 aromatic heterocycles. The lowest BCUT2D eigenvalue weighted by Crippen LogP contribution is -2.12. The van der Waals surface area contributed by atoms with Gasteiger partial charge in [-0.05, 0) is 13.3 Å². The van der Waals surface area contributed by atoms with Gasteiger partial charge in [0.25, 0.3) is 0 Å². The first-order valence-corrected chi connectivity index (χ1v) is 5.58. The molecule has 0 radical (unpaired) electrons. The number of aryl methyl sites for hydroxylation is 1. The van der Waals surface area contributed by atoms with Crippen LogP contribution in [0.1, 0.15) is 18.9 Å². The average molecular weight is 224 g/mol. The highest BCUT2D eigenvalue weighted by molar-refractivity contribution is 5.46. The van der Waals surface area contributed by atoms with Gasteiger partial charge >= 0.3 is 0 Å². The van der Waals surface area contributed by atoms with E-state index >= 15 is 0 Å². The molecule has 0 unspecified atom stereocenters. The molecule has 0 aromatic carbocycles. The summed E-state index contributed by atoms with van der Waals surface area (Å²) in [5.74, 6) is 1.54. The molecule has 1 rings (SSSR count). The van der Waals surface area contributed by atoms with E-state index in [4.69, 9.17) is 4.74 Å². The predicted octanol–water partition coefficient (Wildman–Crippen LogP) is 1.67. The van der Waals surface area contributed by atoms with Crippen molar-refractivity contribution in [3.8, 4) is 0 Å². The Morgan fingerprint density at radius 1 is 1.31 bits per heavy atom. The second-order valence-corrected chi connectivity index (χ2v) is 3.57. The van der Waals surface area contributed by atoms with Gasteiger partial charge in [0.15, 0.2) is 0 Å². The number of ether oxygens (including phenoxy) is 1. The Morgan fingerprint density at radius 3 is 2.81 bits per heavy atom. The maximum atomic E-state index is 4.98. The second kappa shape index (κ2) is 7.00. The smallest absolute Gasteiger partial charge is 0.224 e. The van der Waals surface area contributed by atoms with Gasteiger partial charge in [-0.15, -0.1) is 0 Å². The van der Waals surface area contributed by atoms with Crippen molar-refractivity contribution in [2.24, 2.45) is 0 Å². The highest BCUT2D eigenvalue weighted by Crippen LogP contribution is 2.11. The molecule has 1 aromatic rings. The largest absolute Gasteiger partial charge is 0.383 e. The maximum Gasteiger partial charge on any atom is 0.224 e. The average Bonchev–Trinajstić information content (AvgIpc) is 2.30. The van der Waals surface area contributed by atoms with E-state index in [0.717, 1.165) is 30.9 Å². The van der Waals surface area contributed by atoms with Crippen LogP contribution in [0.4, 0.5) is 11.8 Å². The molecule has 5 heteroatoms. The van der Waals surface area contributed by atoms with Crippen molar-refractivity contribution in [2.75, 3.05) is 37.4 Å². The third kappa shape index (κ3) is 4.02. The summed E-state index contributed by atoms with van der Waals surface area (Å²) in [6.07, 6.45) is 2.88. The van der Waals surface area contributed by atoms with Crippen LogP contribution in [0.3, 0.4) is 0 Å². The summed E-state index contributed by atoms with van der Waals surface area (Å²) < 4.78 is 4.98. The fraction of sp³-hybridized carbons (Fsp3) is 0.636. The van der Waals surface area contributed by atoms with Gasteiger partial charge in [0.1, 0.15) is 5.82 Å². The van der Waals surface area contributed by atoms with E-state index < -0.39 is 0 Å². The Morgan fingerprint density at radius 2 is 2.12 bits per heavy atom. The van der Waals surface area contributed by atoms with E-state index in [-0.39, 0.29) is 0 Å². The van der Waals surface area contributed by atoms with Gasteiger partial charge in [-0.25, -0.2) is 4.98 Å². The summed E-state index contributed by atoms with van der Waals surface area (Å²) in [5.41, 5.74) is 1.04. The van der Waals surface area contributed by atoms with Crippen molar-refractivity contribution < 1.29 is 4.74 Å². The highest BCUT2D eigenvalue weighted by Gasteiger charge is 2.02. The van der Waals surface area contributed by atoms with E-state index in [1.807, 2.05) is 13.1 Å². The maximum absolute atomic E-state index is 4.98. The molecule has 5 nitrogen and oxygen atoms in total. The first-order chi connectivity index (χ1) is 7.77. The summed E-state index contributed by atoms with van der Waals surface area (Å²) in [6, 6.07) is 0. The molecule has 0 aliphatic rings. The van der Waals surface area contributed by atoms with Crippen LogP contribution in [-0.4, -0.2) is 36.8 Å². The van der Waals surface area contributed by atoms with Crippen LogP contribution in [0.2, 0.25) is 0 Å². The minimum Gasteiger partial charge on any atom is -0.383 e. The summed E-state index contributed by atoms with van der Waals surface area (Å²) >= 11 is 0. The van der Waals surface area contributed by atoms with Crippen molar-refractivity contribution >= 4 is 11.8 Å². The van der Waals surface area contributed by atoms with Crippen LogP contribution in [-0.2, 0) is 4.74 Å². The van der Waals surface area contributed by atoms with Crippen molar-refractivity contribution in [3.63, 3.8) is 0 Å². The molecule has 0 atom stereocenters. The summed E-state index contributed by atoms with van der Waals surface area (Å²) in [6.45, 7) is 6.40. The summed E-state index contributed by atoms with van der Waals surface area (Å²) in [4.78, 5) is 8.60. The number of aromatic nitrogens is 2. The summed E-state index contributed by atoms with van der Waals surface area (Å²) in [5, 5.41) is 6.37. The standard InChI is InChI=1S/C11H20N4O/c1-4-5-13-11-14-8-9(2)10(15-11)12-6-7-16-3/h8H,4-7H2,1-3H3,(H2,12,13,14,15). The van der Waals surface area contributed by atoms with Gasteiger partial charge in [-0.3, -0.25) is 0 Å². The first kappa shape index (κ1) is 12.7. The molecule has 0 aliphatic heterocycles. The van der Waals surface area contributed by atoms with E-state index in [0.29, 0.717) is 12.6 Å². The summed E-state index contributed by atoms with van der Waals surface area (Å²) in [7, 11) is 1.68. The second-order valence-electron chi connectivity index (χ2n) is 3.57. The highest BCUT2D eigenvalue weighted by atomic mass is 16.5. The molecule has 0 bridgehead atoms. The SMILES string of the molecule is CCCNc1ncc(C)c(NCCOC)n1. The predicted molar refractivity (Wildman–Crippen MR) is 65.9 cm³/mol. The number of rotatable bonds is 7. The van der Waals surface area contributed by atoms with Crippen LogP contribution in [0, 0.1) is 6.92 Å². The molecule has 2 N–H and O–H groups in total. The van der Waals surface area contributed by atoms with Gasteiger partial charge in [-0.2, -0.15) is 4.98 Å². The zero-order valence-electron chi connectivity index (χ0n) is 10.2. The Hall–Kier alpha value is -1.36. The Kier molecular flexibility index (Phi) is 5.56. The Bertz CT molecular complexity index is 317. The van der Waals surface area contributed by atoms with E-state index in [9.17, 15) is 0 Å². The first-order valence-electron chi connectivity index (χ1n) is 5.58. The Labute approximate surface area is 96.6 Å². The molecule has 0 fully saturated rings. The molecule has 0 aliphatic carbocycles. The van der Waals surface area contributed by atoms with Crippen LogP contribution in [0.25, 0.3) is 0 Å². The van der Waals surface area contributed by atoms with E-state index in [1.54, 1.807) is 7.11 Å². The lowest BCUT2D eigenvalue weighted by Gasteiger charge is -2.10. The lowest BCUT2D eigenvalue weighted by molar-refractivity contribution is 0.210. The zero-order chi connectivity index (χ0) is 11.8. The number of methoxy groups -OCH3 is 1. The van der Waals surface area contributed by atoms with Crippen molar-refractivity contribution in [2.45, 2.75) is 20.3 Å². The van der Waals surface area contributed by atoms with Gasteiger partial charge in [0.05, 0.1) is 6.61 Å². The molecule has 0 saturated heterocycles. The number of nitrogens with zero attached hydrogens (tertiary/aromatic N) is 2. The zero-order valence-corrected chi connectivity index (χ0v) is 10.2. The Balaban J connectivity index is 2.59. The fourth-order valence-electron chi connectivity index (χ4n) is 1.21. The van der Waals surface area contributed by atoms with Gasteiger partial charge in [0.2, 0.25) is 5.95 Å². The fourth-order valence-corrected chi connectivity index (χ4v) is 1.21. The molecule has 0 saturated carbocycles. The molecule has 0 amide bonds. The third-order valence-electron chi connectivity index (χ3n) is 2.10. The number of hydrogen-bond donors (Lipinski definition) is 2. The van der Waals surface area contributed by atoms with Gasteiger partial charge < -0.3 is 15.4 Å². The van der Waals surface area contributed by atoms with Gasteiger partial charge in [0, 0.05) is 32.0 Å². The molecule has 1 heterocycles. The van der Waals surface area contributed by atoms with Crippen LogP contribution < -0.4 is 10.6 Å².